The fraction of sp³-hybridized carbons (Fsp3) is 0.750. The fourth-order valence-corrected chi connectivity index (χ4v) is 2.26. The largest absolute Gasteiger partial charge is 0.379 e. The van der Waals surface area contributed by atoms with Crippen LogP contribution in [0.2, 0.25) is 0 Å². The highest BCUT2D eigenvalue weighted by atomic mass is 16.5. The maximum Gasteiger partial charge on any atom is 0.227 e. The smallest absolute Gasteiger partial charge is 0.227 e. The summed E-state index contributed by atoms with van der Waals surface area (Å²) in [6.07, 6.45) is 7.79. The standard InChI is InChI=1S/C12H20N2O2/c13-11-8-16-7-10(11)12(15)14-6-9-4-2-1-3-5-9/h1-2,9-11H,3-8,13H2,(H,14,15). The van der Waals surface area contributed by atoms with E-state index in [9.17, 15) is 4.79 Å². The van der Waals surface area contributed by atoms with Crippen LogP contribution in [0.4, 0.5) is 0 Å². The van der Waals surface area contributed by atoms with Crippen molar-refractivity contribution in [2.24, 2.45) is 17.6 Å². The number of rotatable bonds is 3. The molecule has 1 aliphatic carbocycles. The molecule has 0 spiro atoms. The van der Waals surface area contributed by atoms with E-state index in [1.807, 2.05) is 0 Å². The zero-order valence-corrected chi connectivity index (χ0v) is 9.52. The molecule has 16 heavy (non-hydrogen) atoms. The third-order valence-electron chi connectivity index (χ3n) is 3.40. The van der Waals surface area contributed by atoms with Gasteiger partial charge in [-0.15, -0.1) is 0 Å². The van der Waals surface area contributed by atoms with Crippen molar-refractivity contribution in [3.8, 4) is 0 Å². The van der Waals surface area contributed by atoms with E-state index in [1.54, 1.807) is 0 Å². The number of carbonyl (C=O) groups excluding carboxylic acids is 1. The summed E-state index contributed by atoms with van der Waals surface area (Å²) in [4.78, 5) is 11.8. The molecule has 2 aliphatic rings. The minimum absolute atomic E-state index is 0.0551. The van der Waals surface area contributed by atoms with Gasteiger partial charge in [-0.25, -0.2) is 0 Å². The van der Waals surface area contributed by atoms with Crippen LogP contribution in [-0.2, 0) is 9.53 Å². The van der Waals surface area contributed by atoms with Crippen LogP contribution < -0.4 is 11.1 Å². The molecule has 0 aromatic rings. The summed E-state index contributed by atoms with van der Waals surface area (Å²) in [7, 11) is 0. The van der Waals surface area contributed by atoms with E-state index in [2.05, 4.69) is 17.5 Å². The van der Waals surface area contributed by atoms with Crippen LogP contribution in [0.25, 0.3) is 0 Å². The number of hydrogen-bond acceptors (Lipinski definition) is 3. The Morgan fingerprint density at radius 2 is 2.31 bits per heavy atom. The van der Waals surface area contributed by atoms with Crippen molar-refractivity contribution >= 4 is 5.91 Å². The second kappa shape index (κ2) is 5.46. The van der Waals surface area contributed by atoms with Crippen LogP contribution >= 0.6 is 0 Å². The van der Waals surface area contributed by atoms with Gasteiger partial charge >= 0.3 is 0 Å². The van der Waals surface area contributed by atoms with Crippen LogP contribution in [0.1, 0.15) is 19.3 Å². The van der Waals surface area contributed by atoms with Crippen molar-refractivity contribution in [2.45, 2.75) is 25.3 Å². The van der Waals surface area contributed by atoms with Crippen molar-refractivity contribution in [1.29, 1.82) is 0 Å². The van der Waals surface area contributed by atoms with E-state index in [4.69, 9.17) is 10.5 Å². The van der Waals surface area contributed by atoms with E-state index in [1.165, 1.54) is 6.42 Å². The third-order valence-corrected chi connectivity index (χ3v) is 3.40. The quantitative estimate of drug-likeness (QED) is 0.683. The fourth-order valence-electron chi connectivity index (χ4n) is 2.26. The van der Waals surface area contributed by atoms with Crippen LogP contribution in [0.3, 0.4) is 0 Å². The first-order chi connectivity index (χ1) is 7.77. The molecule has 0 bridgehead atoms. The number of nitrogens with one attached hydrogen (secondary N) is 1. The second-order valence-corrected chi connectivity index (χ2v) is 4.70. The van der Waals surface area contributed by atoms with Crippen molar-refractivity contribution in [3.05, 3.63) is 12.2 Å². The van der Waals surface area contributed by atoms with E-state index in [0.29, 0.717) is 19.1 Å². The second-order valence-electron chi connectivity index (χ2n) is 4.70. The molecule has 0 saturated carbocycles. The van der Waals surface area contributed by atoms with Gasteiger partial charge in [0.05, 0.1) is 19.1 Å². The molecule has 0 aromatic heterocycles. The minimum atomic E-state index is -0.154. The van der Waals surface area contributed by atoms with Crippen molar-refractivity contribution in [3.63, 3.8) is 0 Å². The van der Waals surface area contributed by atoms with Gasteiger partial charge in [0.15, 0.2) is 0 Å². The molecule has 0 radical (unpaired) electrons. The molecule has 4 nitrogen and oxygen atoms in total. The summed E-state index contributed by atoms with van der Waals surface area (Å²) >= 11 is 0. The Hall–Kier alpha value is -0.870. The zero-order chi connectivity index (χ0) is 11.4. The van der Waals surface area contributed by atoms with E-state index in [-0.39, 0.29) is 17.9 Å². The van der Waals surface area contributed by atoms with Gasteiger partial charge in [-0.3, -0.25) is 4.79 Å². The Morgan fingerprint density at radius 3 is 2.94 bits per heavy atom. The Bertz CT molecular complexity index is 278. The number of ether oxygens (including phenoxy) is 1. The van der Waals surface area contributed by atoms with Gasteiger partial charge in [0.2, 0.25) is 5.91 Å². The molecule has 1 amide bonds. The number of amides is 1. The Morgan fingerprint density at radius 1 is 1.44 bits per heavy atom. The summed E-state index contributed by atoms with van der Waals surface area (Å²) < 4.78 is 5.19. The first kappa shape index (κ1) is 11.6. The average molecular weight is 224 g/mol. The van der Waals surface area contributed by atoms with E-state index < -0.39 is 0 Å². The normalized spacial score (nSPS) is 33.9. The molecule has 0 aromatic carbocycles. The molecule has 3 unspecified atom stereocenters. The lowest BCUT2D eigenvalue weighted by molar-refractivity contribution is -0.125. The van der Waals surface area contributed by atoms with Crippen LogP contribution in [-0.4, -0.2) is 31.7 Å². The van der Waals surface area contributed by atoms with Crippen LogP contribution in [0.5, 0.6) is 0 Å². The number of allylic oxidation sites excluding steroid dienone is 2. The highest BCUT2D eigenvalue weighted by molar-refractivity contribution is 5.79. The van der Waals surface area contributed by atoms with Gasteiger partial charge in [0, 0.05) is 12.6 Å². The SMILES string of the molecule is NC1COCC1C(=O)NCC1CC=CCC1. The molecule has 90 valence electrons. The van der Waals surface area contributed by atoms with Gasteiger partial charge in [0.25, 0.3) is 0 Å². The molecule has 3 N–H and O–H groups in total. The summed E-state index contributed by atoms with van der Waals surface area (Å²) in [5.41, 5.74) is 5.79. The van der Waals surface area contributed by atoms with Gasteiger partial charge in [-0.1, -0.05) is 12.2 Å². The Kier molecular flexibility index (Phi) is 3.96. The average Bonchev–Trinajstić information content (AvgIpc) is 2.74. The summed E-state index contributed by atoms with van der Waals surface area (Å²) in [5.74, 6) is 0.492. The summed E-state index contributed by atoms with van der Waals surface area (Å²) in [5, 5.41) is 2.99. The monoisotopic (exact) mass is 224 g/mol. The number of hydrogen-bond donors (Lipinski definition) is 2. The number of nitrogens with two attached hydrogens (primary N) is 1. The zero-order valence-electron chi connectivity index (χ0n) is 9.52. The maximum absolute atomic E-state index is 11.8. The molecule has 1 saturated heterocycles. The van der Waals surface area contributed by atoms with Crippen molar-refractivity contribution in [1.82, 2.24) is 5.32 Å². The summed E-state index contributed by atoms with van der Waals surface area (Å²) in [6, 6.07) is -0.133. The Balaban J connectivity index is 1.72. The highest BCUT2D eigenvalue weighted by Gasteiger charge is 2.31. The molecule has 1 aliphatic heterocycles. The van der Waals surface area contributed by atoms with Gasteiger partial charge in [-0.05, 0) is 25.2 Å². The van der Waals surface area contributed by atoms with Gasteiger partial charge in [0.1, 0.15) is 0 Å². The first-order valence-electron chi connectivity index (χ1n) is 6.03. The molecule has 3 atom stereocenters. The predicted molar refractivity (Wildman–Crippen MR) is 61.8 cm³/mol. The topological polar surface area (TPSA) is 64.3 Å². The molecule has 1 fully saturated rings. The van der Waals surface area contributed by atoms with Gasteiger partial charge in [-0.2, -0.15) is 0 Å². The maximum atomic E-state index is 11.8. The van der Waals surface area contributed by atoms with Crippen LogP contribution in [0, 0.1) is 11.8 Å². The summed E-state index contributed by atoms with van der Waals surface area (Å²) in [6.45, 7) is 1.74. The lowest BCUT2D eigenvalue weighted by atomic mass is 9.94. The molecule has 4 heteroatoms. The molecular formula is C12H20N2O2. The first-order valence-corrected chi connectivity index (χ1v) is 6.03. The van der Waals surface area contributed by atoms with E-state index >= 15 is 0 Å². The predicted octanol–water partition coefficient (Wildman–Crippen LogP) is 0.433. The minimum Gasteiger partial charge on any atom is -0.379 e. The van der Waals surface area contributed by atoms with Crippen molar-refractivity contribution in [2.75, 3.05) is 19.8 Å². The molecular weight excluding hydrogens is 204 g/mol. The molecule has 2 rings (SSSR count). The van der Waals surface area contributed by atoms with Gasteiger partial charge < -0.3 is 15.8 Å². The van der Waals surface area contributed by atoms with Crippen molar-refractivity contribution < 1.29 is 9.53 Å². The number of carbonyl (C=O) groups is 1. The lowest BCUT2D eigenvalue weighted by Gasteiger charge is -2.20. The molecule has 1 heterocycles. The third kappa shape index (κ3) is 2.83. The van der Waals surface area contributed by atoms with E-state index in [0.717, 1.165) is 19.4 Å². The Labute approximate surface area is 96.2 Å². The highest BCUT2D eigenvalue weighted by Crippen LogP contribution is 2.17. The van der Waals surface area contributed by atoms with Crippen LogP contribution in [0.15, 0.2) is 12.2 Å². The lowest BCUT2D eigenvalue weighted by Crippen LogP contribution is -2.42.